The zero-order chi connectivity index (χ0) is 37.7. The minimum Gasteiger partial charge on any atom is -0.310 e. The smallest absolute Gasteiger partial charge is 0.0541 e. The van der Waals surface area contributed by atoms with E-state index in [-0.39, 0.29) is 0 Å². The predicted molar refractivity (Wildman–Crippen MR) is 245 cm³/mol. The van der Waals surface area contributed by atoms with Crippen LogP contribution < -0.4 is 4.90 Å². The third kappa shape index (κ3) is 5.80. The van der Waals surface area contributed by atoms with Gasteiger partial charge in [-0.25, -0.2) is 0 Å². The quantitative estimate of drug-likeness (QED) is 0.158. The molecule has 0 radical (unpaired) electrons. The largest absolute Gasteiger partial charge is 0.310 e. The maximum absolute atomic E-state index is 2.37. The van der Waals surface area contributed by atoms with E-state index in [9.17, 15) is 0 Å². The Hall–Kier alpha value is -7.20. The van der Waals surface area contributed by atoms with Gasteiger partial charge < -0.3 is 9.47 Å². The van der Waals surface area contributed by atoms with Gasteiger partial charge in [0.1, 0.15) is 0 Å². The lowest BCUT2D eigenvalue weighted by atomic mass is 10.0. The second-order valence-electron chi connectivity index (χ2n) is 14.5. The van der Waals surface area contributed by atoms with E-state index in [1.807, 2.05) is 11.3 Å². The molecular formula is C54H36N2S. The molecule has 3 heteroatoms. The van der Waals surface area contributed by atoms with E-state index in [0.29, 0.717) is 0 Å². The van der Waals surface area contributed by atoms with Crippen LogP contribution in [0.2, 0.25) is 0 Å². The van der Waals surface area contributed by atoms with E-state index in [0.717, 1.165) is 22.7 Å². The summed E-state index contributed by atoms with van der Waals surface area (Å²) in [6.07, 6.45) is 0. The Labute approximate surface area is 335 Å². The molecule has 0 fully saturated rings. The summed E-state index contributed by atoms with van der Waals surface area (Å²) >= 11 is 1.88. The molecular weight excluding hydrogens is 709 g/mol. The summed E-state index contributed by atoms with van der Waals surface area (Å²) in [5.41, 5.74) is 14.1. The molecule has 0 bridgehead atoms. The fourth-order valence-corrected chi connectivity index (χ4v) is 9.71. The van der Waals surface area contributed by atoms with Gasteiger partial charge in [0.2, 0.25) is 0 Å². The average Bonchev–Trinajstić information content (AvgIpc) is 3.84. The Kier molecular flexibility index (Phi) is 8.04. The average molecular weight is 745 g/mol. The van der Waals surface area contributed by atoms with Crippen molar-refractivity contribution >= 4 is 70.4 Å². The maximum atomic E-state index is 2.37. The van der Waals surface area contributed by atoms with Crippen molar-refractivity contribution in [2.24, 2.45) is 0 Å². The molecule has 2 nitrogen and oxygen atoms in total. The van der Waals surface area contributed by atoms with Gasteiger partial charge in [-0.05, 0) is 100 Å². The first-order valence-electron chi connectivity index (χ1n) is 19.4. The van der Waals surface area contributed by atoms with Crippen LogP contribution in [0.15, 0.2) is 218 Å². The number of thiophene rings is 1. The van der Waals surface area contributed by atoms with Crippen LogP contribution in [0.4, 0.5) is 17.1 Å². The Morgan fingerprint density at radius 2 is 0.842 bits per heavy atom. The molecule has 0 saturated heterocycles. The first-order valence-corrected chi connectivity index (χ1v) is 20.2. The van der Waals surface area contributed by atoms with Gasteiger partial charge in [-0.1, -0.05) is 152 Å². The number of hydrogen-bond acceptors (Lipinski definition) is 2. The van der Waals surface area contributed by atoms with Gasteiger partial charge in [-0.2, -0.15) is 0 Å². The van der Waals surface area contributed by atoms with Crippen molar-refractivity contribution in [2.45, 2.75) is 0 Å². The molecule has 0 aliphatic rings. The van der Waals surface area contributed by atoms with Crippen LogP contribution in [-0.4, -0.2) is 4.57 Å². The first-order chi connectivity index (χ1) is 28.3. The summed E-state index contributed by atoms with van der Waals surface area (Å²) < 4.78 is 5.02. The van der Waals surface area contributed by atoms with Crippen molar-refractivity contribution in [1.29, 1.82) is 0 Å². The molecule has 11 rings (SSSR count). The topological polar surface area (TPSA) is 8.17 Å². The molecule has 268 valence electrons. The van der Waals surface area contributed by atoms with E-state index in [2.05, 4.69) is 228 Å². The van der Waals surface area contributed by atoms with Crippen molar-refractivity contribution in [3.8, 4) is 39.1 Å². The molecule has 2 heterocycles. The molecule has 0 atom stereocenters. The van der Waals surface area contributed by atoms with Crippen molar-refractivity contribution in [1.82, 2.24) is 4.57 Å². The standard InChI is InChI=1S/C54H36N2S/c1-2-12-37(13-3-1)41-14-10-15-45(36-41)55(43-34-28-40(29-35-43)46-19-11-20-50-49-18-6-9-23-53(49)57-54(46)50)42-30-24-38(25-31-42)39-26-32-44(33-27-39)56-51-21-7-4-16-47(51)48-17-5-8-22-52(48)56/h1-36H. The summed E-state index contributed by atoms with van der Waals surface area (Å²) in [7, 11) is 0. The molecule has 0 spiro atoms. The maximum Gasteiger partial charge on any atom is 0.0541 e. The monoisotopic (exact) mass is 744 g/mol. The highest BCUT2D eigenvalue weighted by molar-refractivity contribution is 7.26. The third-order valence-corrected chi connectivity index (χ3v) is 12.4. The van der Waals surface area contributed by atoms with Crippen LogP contribution >= 0.6 is 11.3 Å². The molecule has 11 aromatic rings. The van der Waals surface area contributed by atoms with E-state index in [1.54, 1.807) is 0 Å². The van der Waals surface area contributed by atoms with Crippen molar-refractivity contribution in [3.05, 3.63) is 218 Å². The zero-order valence-corrected chi connectivity index (χ0v) is 31.9. The van der Waals surface area contributed by atoms with Gasteiger partial charge in [0, 0.05) is 53.7 Å². The fraction of sp³-hybridized carbons (Fsp3) is 0. The van der Waals surface area contributed by atoms with Crippen LogP contribution in [-0.2, 0) is 0 Å². The molecule has 2 aromatic heterocycles. The highest BCUT2D eigenvalue weighted by atomic mass is 32.1. The van der Waals surface area contributed by atoms with E-state index in [1.165, 1.54) is 75.4 Å². The van der Waals surface area contributed by atoms with E-state index >= 15 is 0 Å². The normalized spacial score (nSPS) is 11.5. The number of rotatable bonds is 7. The Balaban J connectivity index is 0.961. The lowest BCUT2D eigenvalue weighted by Gasteiger charge is -2.26. The van der Waals surface area contributed by atoms with Crippen molar-refractivity contribution < 1.29 is 0 Å². The van der Waals surface area contributed by atoms with Gasteiger partial charge in [-0.15, -0.1) is 11.3 Å². The van der Waals surface area contributed by atoms with E-state index < -0.39 is 0 Å². The summed E-state index contributed by atoms with van der Waals surface area (Å²) in [5.74, 6) is 0. The number of hydrogen-bond donors (Lipinski definition) is 0. The Morgan fingerprint density at radius 1 is 0.333 bits per heavy atom. The van der Waals surface area contributed by atoms with Gasteiger partial charge in [0.25, 0.3) is 0 Å². The highest BCUT2D eigenvalue weighted by Crippen LogP contribution is 2.42. The molecule has 0 N–H and O–H groups in total. The van der Waals surface area contributed by atoms with Gasteiger partial charge in [-0.3, -0.25) is 0 Å². The van der Waals surface area contributed by atoms with Crippen LogP contribution in [0.25, 0.3) is 81.0 Å². The Morgan fingerprint density at radius 3 is 1.53 bits per heavy atom. The number of benzene rings is 9. The summed E-state index contributed by atoms with van der Waals surface area (Å²) in [5, 5.41) is 5.19. The Bertz CT molecular complexity index is 3160. The van der Waals surface area contributed by atoms with Crippen LogP contribution in [0.1, 0.15) is 0 Å². The third-order valence-electron chi connectivity index (χ3n) is 11.2. The molecule has 0 aliphatic heterocycles. The molecule has 9 aromatic carbocycles. The van der Waals surface area contributed by atoms with Crippen LogP contribution in [0.5, 0.6) is 0 Å². The molecule has 57 heavy (non-hydrogen) atoms. The number of anilines is 3. The first kappa shape index (κ1) is 33.2. The minimum atomic E-state index is 1.10. The van der Waals surface area contributed by atoms with E-state index in [4.69, 9.17) is 0 Å². The summed E-state index contributed by atoms with van der Waals surface area (Å²) in [6.45, 7) is 0. The van der Waals surface area contributed by atoms with Crippen LogP contribution in [0.3, 0.4) is 0 Å². The number of nitrogens with zero attached hydrogens (tertiary/aromatic N) is 2. The van der Waals surface area contributed by atoms with Gasteiger partial charge in [0.15, 0.2) is 0 Å². The van der Waals surface area contributed by atoms with Gasteiger partial charge in [0.05, 0.1) is 11.0 Å². The second-order valence-corrected chi connectivity index (χ2v) is 15.6. The SMILES string of the molecule is c1ccc(-c2cccc(N(c3ccc(-c4ccc(-n5c6ccccc6c6ccccc65)cc4)cc3)c3ccc(-c4cccc5c4sc4ccccc45)cc3)c2)cc1. The number of fused-ring (bicyclic) bond motifs is 6. The molecule has 0 aliphatic carbocycles. The van der Waals surface area contributed by atoms with Crippen LogP contribution in [0, 0.1) is 0 Å². The fourth-order valence-electron chi connectivity index (χ4n) is 8.47. The summed E-state index contributed by atoms with van der Waals surface area (Å²) in [6, 6.07) is 79.2. The molecule has 0 amide bonds. The highest BCUT2D eigenvalue weighted by Gasteiger charge is 2.17. The zero-order valence-electron chi connectivity index (χ0n) is 31.1. The summed E-state index contributed by atoms with van der Waals surface area (Å²) in [4.78, 5) is 2.37. The molecule has 0 saturated carbocycles. The van der Waals surface area contributed by atoms with Crippen molar-refractivity contribution in [2.75, 3.05) is 4.90 Å². The number of para-hydroxylation sites is 2. The second kappa shape index (κ2) is 13.8. The van der Waals surface area contributed by atoms with Crippen molar-refractivity contribution in [3.63, 3.8) is 0 Å². The number of aromatic nitrogens is 1. The lowest BCUT2D eigenvalue weighted by Crippen LogP contribution is -2.10. The lowest BCUT2D eigenvalue weighted by molar-refractivity contribution is 1.18. The van der Waals surface area contributed by atoms with Gasteiger partial charge >= 0.3 is 0 Å². The minimum absolute atomic E-state index is 1.10. The molecule has 0 unspecified atom stereocenters. The predicted octanol–water partition coefficient (Wildman–Crippen LogP) is 15.6.